The standard InChI is InChI=1S/C23H19FN6O2/c1-32-22-10-13-26-30(22)17-7-8-20(18(24)15-17)29-14-11-21(31)23(28-29)19(9-12-25)27-16-5-3-2-4-6-16/h2-15H,25H2,1H3. The van der Waals surface area contributed by atoms with Crippen LogP contribution >= 0.6 is 0 Å². The second-order valence-electron chi connectivity index (χ2n) is 6.59. The zero-order valence-electron chi connectivity index (χ0n) is 17.1. The van der Waals surface area contributed by atoms with Gasteiger partial charge in [-0.3, -0.25) is 4.79 Å². The number of ether oxygens (including phenoxy) is 1. The minimum Gasteiger partial charge on any atom is -0.481 e. The van der Waals surface area contributed by atoms with E-state index in [1.165, 1.54) is 47.1 Å². The second kappa shape index (κ2) is 9.09. The highest BCUT2D eigenvalue weighted by molar-refractivity contribution is 6.08. The Hall–Kier alpha value is -4.53. The number of aliphatic imine (C=N–C) groups is 1. The Morgan fingerprint density at radius 2 is 1.97 bits per heavy atom. The summed E-state index contributed by atoms with van der Waals surface area (Å²) < 4.78 is 23.0. The van der Waals surface area contributed by atoms with E-state index in [1.807, 2.05) is 18.2 Å². The molecule has 32 heavy (non-hydrogen) atoms. The van der Waals surface area contributed by atoms with Crippen molar-refractivity contribution in [3.05, 3.63) is 107 Å². The molecule has 8 nitrogen and oxygen atoms in total. The number of rotatable bonds is 6. The summed E-state index contributed by atoms with van der Waals surface area (Å²) in [6.45, 7) is 0. The molecule has 0 unspecified atom stereocenters. The molecule has 0 aliphatic rings. The van der Waals surface area contributed by atoms with E-state index in [1.54, 1.807) is 36.5 Å². The summed E-state index contributed by atoms with van der Waals surface area (Å²) in [5, 5.41) is 8.46. The molecule has 0 fully saturated rings. The number of halogens is 1. The Labute approximate surface area is 182 Å². The van der Waals surface area contributed by atoms with Crippen LogP contribution in [0.15, 0.2) is 95.1 Å². The highest BCUT2D eigenvalue weighted by Gasteiger charge is 2.14. The quantitative estimate of drug-likeness (QED) is 0.474. The van der Waals surface area contributed by atoms with Crippen molar-refractivity contribution >= 4 is 11.4 Å². The van der Waals surface area contributed by atoms with Gasteiger partial charge in [-0.05, 0) is 36.5 Å². The first-order valence-electron chi connectivity index (χ1n) is 9.61. The smallest absolute Gasteiger partial charge is 0.216 e. The Morgan fingerprint density at radius 3 is 2.69 bits per heavy atom. The highest BCUT2D eigenvalue weighted by Crippen LogP contribution is 2.21. The van der Waals surface area contributed by atoms with E-state index < -0.39 is 5.82 Å². The van der Waals surface area contributed by atoms with Crippen molar-refractivity contribution in [1.82, 2.24) is 19.6 Å². The van der Waals surface area contributed by atoms with Crippen LogP contribution in [0.3, 0.4) is 0 Å². The molecule has 0 saturated heterocycles. The molecule has 0 spiro atoms. The van der Waals surface area contributed by atoms with Crippen molar-refractivity contribution in [2.24, 2.45) is 10.7 Å². The van der Waals surface area contributed by atoms with Gasteiger partial charge in [0.1, 0.15) is 5.69 Å². The molecule has 160 valence electrons. The first kappa shape index (κ1) is 20.7. The van der Waals surface area contributed by atoms with Crippen LogP contribution in [-0.2, 0) is 0 Å². The van der Waals surface area contributed by atoms with Gasteiger partial charge in [0.25, 0.3) is 0 Å². The Balaban J connectivity index is 1.77. The van der Waals surface area contributed by atoms with E-state index in [4.69, 9.17) is 10.5 Å². The highest BCUT2D eigenvalue weighted by atomic mass is 19.1. The SMILES string of the molecule is COc1ccnn1-c1ccc(-n2ccc(=O)c(C(C=CN)=Nc3ccccc3)n2)c(F)c1. The van der Waals surface area contributed by atoms with Crippen LogP contribution in [-0.4, -0.2) is 32.4 Å². The van der Waals surface area contributed by atoms with Crippen LogP contribution in [0.25, 0.3) is 11.4 Å². The van der Waals surface area contributed by atoms with Gasteiger partial charge in [-0.2, -0.15) is 10.2 Å². The first-order chi connectivity index (χ1) is 15.6. The summed E-state index contributed by atoms with van der Waals surface area (Å²) >= 11 is 0. The molecule has 4 rings (SSSR count). The van der Waals surface area contributed by atoms with Gasteiger partial charge in [0.2, 0.25) is 11.3 Å². The fourth-order valence-electron chi connectivity index (χ4n) is 3.07. The molecule has 0 bridgehead atoms. The van der Waals surface area contributed by atoms with Gasteiger partial charge in [0.05, 0.1) is 30.4 Å². The summed E-state index contributed by atoms with van der Waals surface area (Å²) in [5.74, 6) is -0.0886. The van der Waals surface area contributed by atoms with E-state index >= 15 is 4.39 Å². The number of nitrogens with zero attached hydrogens (tertiary/aromatic N) is 5. The average Bonchev–Trinajstić information content (AvgIpc) is 3.29. The lowest BCUT2D eigenvalue weighted by Crippen LogP contribution is -2.21. The average molecular weight is 430 g/mol. The number of para-hydroxylation sites is 1. The second-order valence-corrected chi connectivity index (χ2v) is 6.59. The zero-order valence-corrected chi connectivity index (χ0v) is 17.1. The molecule has 2 aromatic carbocycles. The van der Waals surface area contributed by atoms with Crippen molar-refractivity contribution in [2.75, 3.05) is 7.11 Å². The number of allylic oxidation sites excluding steroid dienone is 1. The molecule has 9 heteroatoms. The van der Waals surface area contributed by atoms with Crippen LogP contribution in [0, 0.1) is 5.82 Å². The minimum atomic E-state index is -0.557. The summed E-state index contributed by atoms with van der Waals surface area (Å²) in [6, 6.07) is 16.6. The first-order valence-corrected chi connectivity index (χ1v) is 9.61. The maximum atomic E-state index is 15.0. The van der Waals surface area contributed by atoms with Crippen LogP contribution in [0.1, 0.15) is 5.69 Å². The zero-order chi connectivity index (χ0) is 22.5. The largest absolute Gasteiger partial charge is 0.481 e. The molecular formula is C23H19FN6O2. The van der Waals surface area contributed by atoms with Gasteiger partial charge in [-0.1, -0.05) is 18.2 Å². The molecule has 2 N–H and O–H groups in total. The lowest BCUT2D eigenvalue weighted by atomic mass is 10.2. The van der Waals surface area contributed by atoms with Gasteiger partial charge in [-0.15, -0.1) is 0 Å². The van der Waals surface area contributed by atoms with Crippen LogP contribution in [0.5, 0.6) is 5.88 Å². The Kier molecular flexibility index (Phi) is 5.89. The molecular weight excluding hydrogens is 411 g/mol. The van der Waals surface area contributed by atoms with E-state index in [9.17, 15) is 4.79 Å². The molecule has 4 aromatic rings. The predicted octanol–water partition coefficient (Wildman–Crippen LogP) is 3.16. The molecule has 2 aromatic heterocycles. The molecule has 0 radical (unpaired) electrons. The lowest BCUT2D eigenvalue weighted by molar-refractivity contribution is 0.383. The summed E-state index contributed by atoms with van der Waals surface area (Å²) in [7, 11) is 1.51. The van der Waals surface area contributed by atoms with Crippen LogP contribution in [0.4, 0.5) is 10.1 Å². The predicted molar refractivity (Wildman–Crippen MR) is 119 cm³/mol. The van der Waals surface area contributed by atoms with Crippen molar-refractivity contribution in [1.29, 1.82) is 0 Å². The summed E-state index contributed by atoms with van der Waals surface area (Å²) in [6.07, 6.45) is 5.70. The van der Waals surface area contributed by atoms with E-state index in [0.29, 0.717) is 17.3 Å². The van der Waals surface area contributed by atoms with Gasteiger partial charge in [0.15, 0.2) is 11.5 Å². The normalized spacial score (nSPS) is 11.8. The van der Waals surface area contributed by atoms with Crippen LogP contribution < -0.4 is 15.9 Å². The number of benzene rings is 2. The molecule has 2 heterocycles. The number of methoxy groups -OCH3 is 1. The number of nitrogens with two attached hydrogens (primary N) is 1. The van der Waals surface area contributed by atoms with E-state index in [2.05, 4.69) is 15.2 Å². The van der Waals surface area contributed by atoms with Gasteiger partial charge >= 0.3 is 0 Å². The van der Waals surface area contributed by atoms with Gasteiger partial charge in [-0.25, -0.2) is 18.7 Å². The van der Waals surface area contributed by atoms with Gasteiger partial charge in [0, 0.05) is 24.4 Å². The maximum Gasteiger partial charge on any atom is 0.216 e. The van der Waals surface area contributed by atoms with Crippen molar-refractivity contribution in [2.45, 2.75) is 0 Å². The molecule has 0 aliphatic carbocycles. The Morgan fingerprint density at radius 1 is 1.16 bits per heavy atom. The van der Waals surface area contributed by atoms with Crippen molar-refractivity contribution in [3.63, 3.8) is 0 Å². The molecule has 0 saturated carbocycles. The third-order valence-electron chi connectivity index (χ3n) is 4.55. The fourth-order valence-corrected chi connectivity index (χ4v) is 3.07. The monoisotopic (exact) mass is 430 g/mol. The molecule has 0 aliphatic heterocycles. The van der Waals surface area contributed by atoms with E-state index in [-0.39, 0.29) is 22.5 Å². The lowest BCUT2D eigenvalue weighted by Gasteiger charge is -2.11. The van der Waals surface area contributed by atoms with Crippen LogP contribution in [0.2, 0.25) is 0 Å². The van der Waals surface area contributed by atoms with E-state index in [0.717, 1.165) is 0 Å². The summed E-state index contributed by atoms with van der Waals surface area (Å²) in [4.78, 5) is 17.0. The van der Waals surface area contributed by atoms with Crippen molar-refractivity contribution < 1.29 is 9.13 Å². The maximum absolute atomic E-state index is 15.0. The molecule has 0 amide bonds. The number of hydrogen-bond acceptors (Lipinski definition) is 6. The number of aromatic nitrogens is 4. The fraction of sp³-hybridized carbons (Fsp3) is 0.0435. The third-order valence-corrected chi connectivity index (χ3v) is 4.55. The minimum absolute atomic E-state index is 0.0373. The molecule has 0 atom stereocenters. The Bertz CT molecular complexity index is 1360. The topological polar surface area (TPSA) is 100 Å². The summed E-state index contributed by atoms with van der Waals surface area (Å²) in [5.41, 5.74) is 6.74. The third kappa shape index (κ3) is 4.17. The van der Waals surface area contributed by atoms with Gasteiger partial charge < -0.3 is 10.5 Å². The van der Waals surface area contributed by atoms with Crippen molar-refractivity contribution in [3.8, 4) is 17.3 Å². The number of hydrogen-bond donors (Lipinski definition) is 1.